The monoisotopic (exact) mass is 375 g/mol. The molecule has 0 heterocycles. The van der Waals surface area contributed by atoms with Crippen LogP contribution in [0.1, 0.15) is 42.3 Å². The van der Waals surface area contributed by atoms with Gasteiger partial charge in [0.15, 0.2) is 0 Å². The molecule has 0 unspecified atom stereocenters. The number of amides is 1. The molecule has 0 aromatic heterocycles. The molecule has 2 rings (SSSR count). The van der Waals surface area contributed by atoms with Crippen LogP contribution in [0.3, 0.4) is 0 Å². The Kier molecular flexibility index (Phi) is 6.93. The first-order valence-corrected chi connectivity index (χ1v) is 8.72. The molecule has 2 N–H and O–H groups in total. The number of methoxy groups -OCH3 is 1. The Morgan fingerprint density at radius 2 is 1.89 bits per heavy atom. The molecule has 0 spiro atoms. The van der Waals surface area contributed by atoms with E-state index in [0.717, 1.165) is 5.56 Å². The minimum atomic E-state index is -0.443. The quantitative estimate of drug-likeness (QED) is 0.561. The highest BCUT2D eigenvalue weighted by Crippen LogP contribution is 2.31. The summed E-state index contributed by atoms with van der Waals surface area (Å²) in [6.07, 6.45) is 0. The Morgan fingerprint density at radius 1 is 1.15 bits per heavy atom. The molecule has 6 heteroatoms. The highest BCUT2D eigenvalue weighted by molar-refractivity contribution is 6.05. The van der Waals surface area contributed by atoms with Gasteiger partial charge in [-0.3, -0.25) is 4.79 Å². The van der Waals surface area contributed by atoms with E-state index in [9.17, 15) is 14.3 Å². The molecule has 0 atom stereocenters. The third kappa shape index (κ3) is 5.77. The van der Waals surface area contributed by atoms with Crippen molar-refractivity contribution in [3.05, 3.63) is 58.9 Å². The lowest BCUT2D eigenvalue weighted by Gasteiger charge is -2.20. The first kappa shape index (κ1) is 20.9. The van der Waals surface area contributed by atoms with E-state index in [1.807, 2.05) is 26.8 Å². The van der Waals surface area contributed by atoms with Gasteiger partial charge in [-0.2, -0.15) is 0 Å². The second-order valence-corrected chi connectivity index (χ2v) is 7.29. The van der Waals surface area contributed by atoms with Crippen molar-refractivity contribution in [2.24, 2.45) is 0 Å². The van der Waals surface area contributed by atoms with Crippen molar-refractivity contribution in [1.82, 2.24) is 0 Å². The van der Waals surface area contributed by atoms with Crippen LogP contribution in [-0.2, 0) is 21.5 Å². The first-order valence-electron chi connectivity index (χ1n) is 8.72. The zero-order valence-corrected chi connectivity index (χ0v) is 16.1. The van der Waals surface area contributed by atoms with Crippen molar-refractivity contribution in [1.29, 1.82) is 0 Å². The maximum absolute atomic E-state index is 13.9. The van der Waals surface area contributed by atoms with Crippen LogP contribution in [0.4, 0.5) is 10.1 Å². The summed E-state index contributed by atoms with van der Waals surface area (Å²) < 4.78 is 24.1. The van der Waals surface area contributed by atoms with E-state index in [2.05, 4.69) is 5.32 Å². The van der Waals surface area contributed by atoms with Crippen LogP contribution in [0.5, 0.6) is 5.75 Å². The van der Waals surface area contributed by atoms with Crippen LogP contribution in [0.15, 0.2) is 36.4 Å². The summed E-state index contributed by atoms with van der Waals surface area (Å²) in [5.74, 6) is -0.905. The van der Waals surface area contributed by atoms with Gasteiger partial charge < -0.3 is 19.9 Å². The van der Waals surface area contributed by atoms with Crippen LogP contribution in [-0.4, -0.2) is 31.3 Å². The summed E-state index contributed by atoms with van der Waals surface area (Å²) in [5.41, 5.74) is 1.72. The number of ether oxygens (including phenoxy) is 2. The number of aromatic hydroxyl groups is 1. The molecular formula is C21H26FNO4. The minimum absolute atomic E-state index is 0.0263. The Bertz CT molecular complexity index is 799. The number of carbonyl (C=O) groups excluding carboxylic acids is 1. The van der Waals surface area contributed by atoms with Gasteiger partial charge in [0.05, 0.1) is 25.5 Å². The Balaban J connectivity index is 2.16. The van der Waals surface area contributed by atoms with Gasteiger partial charge in [-0.25, -0.2) is 4.39 Å². The SMILES string of the molecule is COCCOCc1cc(C(=O)Nc2cc(C(C)(C)C)ccc2O)ccc1F. The molecule has 146 valence electrons. The summed E-state index contributed by atoms with van der Waals surface area (Å²) in [6.45, 7) is 6.91. The number of nitrogens with one attached hydrogen (secondary N) is 1. The normalized spacial score (nSPS) is 11.4. The van der Waals surface area contributed by atoms with E-state index in [0.29, 0.717) is 18.9 Å². The topological polar surface area (TPSA) is 67.8 Å². The molecule has 0 fully saturated rings. The molecule has 1 amide bonds. The second kappa shape index (κ2) is 8.97. The summed E-state index contributed by atoms with van der Waals surface area (Å²) in [5, 5.41) is 12.7. The molecule has 0 aliphatic heterocycles. The second-order valence-electron chi connectivity index (χ2n) is 7.29. The first-order chi connectivity index (χ1) is 12.7. The molecule has 0 aliphatic rings. The van der Waals surface area contributed by atoms with Gasteiger partial charge >= 0.3 is 0 Å². The van der Waals surface area contributed by atoms with Crippen LogP contribution in [0, 0.1) is 5.82 Å². The van der Waals surface area contributed by atoms with E-state index in [4.69, 9.17) is 9.47 Å². The van der Waals surface area contributed by atoms with Crippen molar-refractivity contribution < 1.29 is 23.8 Å². The van der Waals surface area contributed by atoms with E-state index >= 15 is 0 Å². The van der Waals surface area contributed by atoms with Crippen LogP contribution >= 0.6 is 0 Å². The van der Waals surface area contributed by atoms with Gasteiger partial charge in [-0.1, -0.05) is 26.8 Å². The van der Waals surface area contributed by atoms with Crippen LogP contribution in [0.25, 0.3) is 0 Å². The third-order valence-electron chi connectivity index (χ3n) is 4.11. The van der Waals surface area contributed by atoms with Gasteiger partial charge in [0.2, 0.25) is 0 Å². The number of hydrogen-bond acceptors (Lipinski definition) is 4. The molecule has 0 saturated carbocycles. The van der Waals surface area contributed by atoms with E-state index in [1.165, 1.54) is 18.2 Å². The van der Waals surface area contributed by atoms with Gasteiger partial charge in [0.25, 0.3) is 5.91 Å². The smallest absolute Gasteiger partial charge is 0.255 e. The lowest BCUT2D eigenvalue weighted by molar-refractivity contribution is 0.0604. The molecule has 27 heavy (non-hydrogen) atoms. The molecule has 5 nitrogen and oxygen atoms in total. The maximum atomic E-state index is 13.9. The largest absolute Gasteiger partial charge is 0.506 e. The maximum Gasteiger partial charge on any atom is 0.255 e. The van der Waals surface area contributed by atoms with E-state index in [1.54, 1.807) is 19.2 Å². The van der Waals surface area contributed by atoms with Gasteiger partial charge in [0, 0.05) is 18.2 Å². The predicted molar refractivity (Wildman–Crippen MR) is 103 cm³/mol. The van der Waals surface area contributed by atoms with Crippen LogP contribution < -0.4 is 5.32 Å². The Hall–Kier alpha value is -2.44. The summed E-state index contributed by atoms with van der Waals surface area (Å²) in [6, 6.07) is 9.19. The zero-order chi connectivity index (χ0) is 20.0. The van der Waals surface area contributed by atoms with Crippen molar-refractivity contribution in [2.75, 3.05) is 25.6 Å². The van der Waals surface area contributed by atoms with E-state index < -0.39 is 11.7 Å². The Morgan fingerprint density at radius 3 is 2.56 bits per heavy atom. The number of carbonyl (C=O) groups is 1. The summed E-state index contributed by atoms with van der Waals surface area (Å²) in [7, 11) is 1.55. The molecular weight excluding hydrogens is 349 g/mol. The highest BCUT2D eigenvalue weighted by Gasteiger charge is 2.17. The summed E-state index contributed by atoms with van der Waals surface area (Å²) >= 11 is 0. The minimum Gasteiger partial charge on any atom is -0.506 e. The number of phenolic OH excluding ortho intramolecular Hbond substituents is 1. The molecule has 0 saturated heterocycles. The lowest BCUT2D eigenvalue weighted by atomic mass is 9.87. The molecule has 0 bridgehead atoms. The number of halogens is 1. The fourth-order valence-electron chi connectivity index (χ4n) is 2.45. The molecule has 2 aromatic carbocycles. The van der Waals surface area contributed by atoms with Gasteiger partial charge in [-0.15, -0.1) is 0 Å². The molecule has 0 radical (unpaired) electrons. The number of anilines is 1. The zero-order valence-electron chi connectivity index (χ0n) is 16.1. The summed E-state index contributed by atoms with van der Waals surface area (Å²) in [4.78, 5) is 12.6. The average molecular weight is 375 g/mol. The molecule has 2 aromatic rings. The standard InChI is InChI=1S/C21H26FNO4/c1-21(2,3)16-6-8-19(24)18(12-16)23-20(25)14-5-7-17(22)15(11-14)13-27-10-9-26-4/h5-8,11-12,24H,9-10,13H2,1-4H3,(H,23,25). The number of benzene rings is 2. The van der Waals surface area contributed by atoms with Crippen LogP contribution in [0.2, 0.25) is 0 Å². The highest BCUT2D eigenvalue weighted by atomic mass is 19.1. The Labute approximate surface area is 159 Å². The number of hydrogen-bond donors (Lipinski definition) is 2. The van der Waals surface area contributed by atoms with E-state index in [-0.39, 0.29) is 28.9 Å². The van der Waals surface area contributed by atoms with Gasteiger partial charge in [-0.05, 0) is 41.3 Å². The third-order valence-corrected chi connectivity index (χ3v) is 4.11. The van der Waals surface area contributed by atoms with Crippen molar-refractivity contribution >= 4 is 11.6 Å². The average Bonchev–Trinajstić information content (AvgIpc) is 2.61. The van der Waals surface area contributed by atoms with Crippen molar-refractivity contribution in [3.63, 3.8) is 0 Å². The van der Waals surface area contributed by atoms with Crippen molar-refractivity contribution in [3.8, 4) is 5.75 Å². The number of phenols is 1. The molecule has 0 aliphatic carbocycles. The van der Waals surface area contributed by atoms with Gasteiger partial charge in [0.1, 0.15) is 11.6 Å². The predicted octanol–water partition coefficient (Wildman–Crippen LogP) is 4.24. The van der Waals surface area contributed by atoms with Crippen molar-refractivity contribution in [2.45, 2.75) is 32.8 Å². The number of rotatable bonds is 7. The fourth-order valence-corrected chi connectivity index (χ4v) is 2.45. The fraction of sp³-hybridized carbons (Fsp3) is 0.381. The lowest BCUT2D eigenvalue weighted by Crippen LogP contribution is -2.15.